The lowest BCUT2D eigenvalue weighted by atomic mass is 10.3. The molecule has 0 aromatic carbocycles. The summed E-state index contributed by atoms with van der Waals surface area (Å²) in [4.78, 5) is 4.83. The van der Waals surface area contributed by atoms with Crippen LogP contribution in [0.3, 0.4) is 0 Å². The smallest absolute Gasteiger partial charge is 0.145 e. The molecule has 0 saturated carbocycles. The zero-order chi connectivity index (χ0) is 10.7. The van der Waals surface area contributed by atoms with Crippen LogP contribution < -0.4 is 5.73 Å². The van der Waals surface area contributed by atoms with E-state index < -0.39 is 0 Å². The third-order valence-corrected chi connectivity index (χ3v) is 2.90. The van der Waals surface area contributed by atoms with Gasteiger partial charge in [-0.25, -0.2) is 0 Å². The minimum Gasteiger partial charge on any atom is -0.382 e. The fraction of sp³-hybridized carbons (Fsp3) is 0.700. The number of anilines is 1. The molecule has 5 nitrogen and oxygen atoms in total. The maximum absolute atomic E-state index is 5.55. The van der Waals surface area contributed by atoms with Crippen LogP contribution in [0, 0.1) is 0 Å². The average molecular weight is 209 g/mol. The molecule has 0 amide bonds. The van der Waals surface area contributed by atoms with Gasteiger partial charge in [0.05, 0.1) is 6.54 Å². The number of aromatic nitrogens is 2. The van der Waals surface area contributed by atoms with E-state index in [-0.39, 0.29) is 0 Å². The zero-order valence-corrected chi connectivity index (χ0v) is 9.26. The molecule has 0 unspecified atom stereocenters. The molecule has 1 fully saturated rings. The predicted molar refractivity (Wildman–Crippen MR) is 60.6 cm³/mol. The summed E-state index contributed by atoms with van der Waals surface area (Å²) < 4.78 is 1.91. The first-order valence-corrected chi connectivity index (χ1v) is 5.44. The van der Waals surface area contributed by atoms with Crippen molar-refractivity contribution >= 4 is 5.82 Å². The number of hydrogen-bond donors (Lipinski definition) is 1. The van der Waals surface area contributed by atoms with E-state index in [9.17, 15) is 0 Å². The molecule has 2 rings (SSSR count). The number of piperazine rings is 1. The first-order chi connectivity index (χ1) is 7.24. The van der Waals surface area contributed by atoms with Crippen molar-refractivity contribution in [1.29, 1.82) is 0 Å². The van der Waals surface area contributed by atoms with Gasteiger partial charge in [0, 0.05) is 38.9 Å². The molecule has 1 aliphatic heterocycles. The molecule has 0 radical (unpaired) electrons. The summed E-state index contributed by atoms with van der Waals surface area (Å²) in [6.07, 6.45) is 1.94. The largest absolute Gasteiger partial charge is 0.382 e. The van der Waals surface area contributed by atoms with Gasteiger partial charge in [0.25, 0.3) is 0 Å². The lowest BCUT2D eigenvalue weighted by molar-refractivity contribution is 0.149. The number of likely N-dealkylation sites (N-methyl/N-ethyl adjacent to an activating group) is 1. The molecule has 1 aromatic heterocycles. The molecule has 2 heterocycles. The SMILES string of the molecule is CN1CCN(CCn2ccc(N)n2)CC1. The Morgan fingerprint density at radius 2 is 2.00 bits per heavy atom. The second-order valence-electron chi connectivity index (χ2n) is 4.15. The van der Waals surface area contributed by atoms with Gasteiger partial charge < -0.3 is 10.6 Å². The van der Waals surface area contributed by atoms with Crippen molar-refractivity contribution in [3.05, 3.63) is 12.3 Å². The molecule has 1 aliphatic rings. The van der Waals surface area contributed by atoms with E-state index in [1.807, 2.05) is 16.9 Å². The molecule has 0 atom stereocenters. The first kappa shape index (κ1) is 10.4. The van der Waals surface area contributed by atoms with Crippen molar-refractivity contribution in [2.45, 2.75) is 6.54 Å². The third-order valence-electron chi connectivity index (χ3n) is 2.90. The van der Waals surface area contributed by atoms with Crippen LogP contribution in [-0.2, 0) is 6.54 Å². The van der Waals surface area contributed by atoms with Gasteiger partial charge in [0.2, 0.25) is 0 Å². The first-order valence-electron chi connectivity index (χ1n) is 5.44. The highest BCUT2D eigenvalue weighted by Crippen LogP contribution is 2.00. The molecule has 0 bridgehead atoms. The maximum atomic E-state index is 5.55. The zero-order valence-electron chi connectivity index (χ0n) is 9.26. The summed E-state index contributed by atoms with van der Waals surface area (Å²) in [5, 5.41) is 4.17. The quantitative estimate of drug-likeness (QED) is 0.743. The Hall–Kier alpha value is -1.07. The van der Waals surface area contributed by atoms with E-state index in [4.69, 9.17) is 5.73 Å². The average Bonchev–Trinajstić information content (AvgIpc) is 2.64. The van der Waals surface area contributed by atoms with E-state index in [2.05, 4.69) is 21.9 Å². The monoisotopic (exact) mass is 209 g/mol. The van der Waals surface area contributed by atoms with Crippen molar-refractivity contribution in [3.63, 3.8) is 0 Å². The highest BCUT2D eigenvalue weighted by molar-refractivity contribution is 5.23. The summed E-state index contributed by atoms with van der Waals surface area (Å²) in [5.74, 6) is 0.605. The van der Waals surface area contributed by atoms with Gasteiger partial charge in [-0.3, -0.25) is 9.58 Å². The molecular weight excluding hydrogens is 190 g/mol. The van der Waals surface area contributed by atoms with Crippen molar-refractivity contribution in [2.75, 3.05) is 45.5 Å². The number of nitrogens with two attached hydrogens (primary N) is 1. The summed E-state index contributed by atoms with van der Waals surface area (Å²) in [5.41, 5.74) is 5.55. The van der Waals surface area contributed by atoms with E-state index >= 15 is 0 Å². The van der Waals surface area contributed by atoms with Crippen molar-refractivity contribution in [3.8, 4) is 0 Å². The Balaban J connectivity index is 1.74. The molecule has 1 saturated heterocycles. The third kappa shape index (κ3) is 2.94. The van der Waals surface area contributed by atoms with Crippen LogP contribution in [0.1, 0.15) is 0 Å². The predicted octanol–water partition coefficient (Wildman–Crippen LogP) is -0.287. The van der Waals surface area contributed by atoms with Crippen LogP contribution in [0.15, 0.2) is 12.3 Å². The van der Waals surface area contributed by atoms with Crippen molar-refractivity contribution < 1.29 is 0 Å². The van der Waals surface area contributed by atoms with Gasteiger partial charge in [-0.05, 0) is 13.1 Å². The highest BCUT2D eigenvalue weighted by Gasteiger charge is 2.12. The lowest BCUT2D eigenvalue weighted by Gasteiger charge is -2.32. The Morgan fingerprint density at radius 3 is 2.60 bits per heavy atom. The van der Waals surface area contributed by atoms with Crippen LogP contribution in [0.25, 0.3) is 0 Å². The Morgan fingerprint density at radius 1 is 1.27 bits per heavy atom. The topological polar surface area (TPSA) is 50.3 Å². The lowest BCUT2D eigenvalue weighted by Crippen LogP contribution is -2.45. The maximum Gasteiger partial charge on any atom is 0.145 e. The van der Waals surface area contributed by atoms with Crippen molar-refractivity contribution in [1.82, 2.24) is 19.6 Å². The van der Waals surface area contributed by atoms with Crippen LogP contribution in [-0.4, -0.2) is 59.4 Å². The van der Waals surface area contributed by atoms with Gasteiger partial charge in [-0.1, -0.05) is 0 Å². The second-order valence-corrected chi connectivity index (χ2v) is 4.15. The number of hydrogen-bond acceptors (Lipinski definition) is 4. The highest BCUT2D eigenvalue weighted by atomic mass is 15.3. The molecule has 2 N–H and O–H groups in total. The molecule has 15 heavy (non-hydrogen) atoms. The standard InChI is InChI=1S/C10H19N5/c1-13-4-6-14(7-5-13)8-9-15-3-2-10(11)12-15/h2-3H,4-9H2,1H3,(H2,11,12). The van der Waals surface area contributed by atoms with Gasteiger partial charge in [-0.2, -0.15) is 5.10 Å². The van der Waals surface area contributed by atoms with E-state index in [0.717, 1.165) is 26.2 Å². The van der Waals surface area contributed by atoms with Gasteiger partial charge in [0.15, 0.2) is 0 Å². The second kappa shape index (κ2) is 4.63. The number of rotatable bonds is 3. The Bertz CT molecular complexity index is 301. The number of nitrogens with zero attached hydrogens (tertiary/aromatic N) is 4. The van der Waals surface area contributed by atoms with Crippen LogP contribution in [0.4, 0.5) is 5.82 Å². The van der Waals surface area contributed by atoms with Gasteiger partial charge in [-0.15, -0.1) is 0 Å². The Labute approximate surface area is 90.4 Å². The number of nitrogen functional groups attached to an aromatic ring is 1. The van der Waals surface area contributed by atoms with Crippen LogP contribution in [0.2, 0.25) is 0 Å². The minimum absolute atomic E-state index is 0.605. The summed E-state index contributed by atoms with van der Waals surface area (Å²) >= 11 is 0. The van der Waals surface area contributed by atoms with Crippen molar-refractivity contribution in [2.24, 2.45) is 0 Å². The van der Waals surface area contributed by atoms with Gasteiger partial charge >= 0.3 is 0 Å². The summed E-state index contributed by atoms with van der Waals surface area (Å²) in [6.45, 7) is 6.65. The molecule has 0 spiro atoms. The minimum atomic E-state index is 0.605. The van der Waals surface area contributed by atoms with Crippen LogP contribution >= 0.6 is 0 Å². The van der Waals surface area contributed by atoms with E-state index in [1.54, 1.807) is 0 Å². The van der Waals surface area contributed by atoms with E-state index in [0.29, 0.717) is 5.82 Å². The van der Waals surface area contributed by atoms with E-state index in [1.165, 1.54) is 13.1 Å². The molecule has 5 heteroatoms. The molecule has 84 valence electrons. The Kier molecular flexibility index (Phi) is 3.23. The molecular formula is C10H19N5. The summed E-state index contributed by atoms with van der Waals surface area (Å²) in [7, 11) is 2.17. The molecule has 1 aromatic rings. The van der Waals surface area contributed by atoms with Crippen LogP contribution in [0.5, 0.6) is 0 Å². The summed E-state index contributed by atoms with van der Waals surface area (Å²) in [6, 6.07) is 1.84. The normalized spacial score (nSPS) is 19.5. The van der Waals surface area contributed by atoms with Gasteiger partial charge in [0.1, 0.15) is 5.82 Å². The fourth-order valence-corrected chi connectivity index (χ4v) is 1.82. The molecule has 0 aliphatic carbocycles. The fourth-order valence-electron chi connectivity index (χ4n) is 1.82.